The van der Waals surface area contributed by atoms with E-state index in [1.807, 2.05) is 20.8 Å². The van der Waals surface area contributed by atoms with Crippen LogP contribution in [0, 0.1) is 23.7 Å². The molecule has 2 fully saturated rings. The summed E-state index contributed by atoms with van der Waals surface area (Å²) in [5, 5.41) is 22.9. The smallest absolute Gasteiger partial charge is 0.308 e. The van der Waals surface area contributed by atoms with Crippen LogP contribution in [0.3, 0.4) is 0 Å². The van der Waals surface area contributed by atoms with Crippen LogP contribution in [-0.2, 0) is 4.79 Å². The summed E-state index contributed by atoms with van der Waals surface area (Å²) in [7, 11) is 0. The summed E-state index contributed by atoms with van der Waals surface area (Å²) in [5.74, 6) is 0.0514. The molecule has 2 aliphatic rings. The molecular formula is C14H25NO3. The molecule has 2 aliphatic carbocycles. The molecule has 0 aromatic carbocycles. The lowest BCUT2D eigenvalue weighted by Crippen LogP contribution is -2.51. The van der Waals surface area contributed by atoms with Crippen LogP contribution in [-0.4, -0.2) is 34.4 Å². The second-order valence-corrected chi connectivity index (χ2v) is 6.62. The fraction of sp³-hybridized carbons (Fsp3) is 0.929. The normalized spacial score (nSPS) is 38.1. The summed E-state index contributed by atoms with van der Waals surface area (Å²) < 4.78 is 0. The molecule has 18 heavy (non-hydrogen) atoms. The van der Waals surface area contributed by atoms with E-state index in [0.29, 0.717) is 18.4 Å². The van der Waals surface area contributed by atoms with Gasteiger partial charge in [-0.25, -0.2) is 0 Å². The molecule has 4 nitrogen and oxygen atoms in total. The molecule has 0 heterocycles. The third-order valence-electron chi connectivity index (χ3n) is 5.14. The average molecular weight is 255 g/mol. The minimum absolute atomic E-state index is 0.0477. The van der Waals surface area contributed by atoms with E-state index in [-0.39, 0.29) is 17.9 Å². The fourth-order valence-electron chi connectivity index (χ4n) is 3.47. The van der Waals surface area contributed by atoms with Gasteiger partial charge in [-0.05, 0) is 43.9 Å². The summed E-state index contributed by atoms with van der Waals surface area (Å²) in [6.07, 6.45) is 3.23. The van der Waals surface area contributed by atoms with Gasteiger partial charge in [0.25, 0.3) is 0 Å². The molecule has 5 atom stereocenters. The van der Waals surface area contributed by atoms with Crippen LogP contribution in [0.2, 0.25) is 0 Å². The number of rotatable bonds is 5. The Morgan fingerprint density at radius 1 is 1.39 bits per heavy atom. The monoisotopic (exact) mass is 255 g/mol. The summed E-state index contributed by atoms with van der Waals surface area (Å²) in [4.78, 5) is 11.4. The van der Waals surface area contributed by atoms with Crippen molar-refractivity contribution in [2.45, 2.75) is 51.7 Å². The number of hydrogen-bond acceptors (Lipinski definition) is 3. The second-order valence-electron chi connectivity index (χ2n) is 6.62. The van der Waals surface area contributed by atoms with Gasteiger partial charge in [-0.2, -0.15) is 0 Å². The number of hydrogen-bond donors (Lipinski definition) is 3. The average Bonchev–Trinajstić information content (AvgIpc) is 2.85. The van der Waals surface area contributed by atoms with E-state index >= 15 is 0 Å². The number of carbonyl (C=O) groups is 1. The number of aliphatic carboxylic acids is 1. The summed E-state index contributed by atoms with van der Waals surface area (Å²) in [6, 6.07) is 0.0477. The Bertz CT molecular complexity index is 327. The first-order valence-corrected chi connectivity index (χ1v) is 7.01. The van der Waals surface area contributed by atoms with Gasteiger partial charge in [-0.1, -0.05) is 13.8 Å². The molecule has 2 saturated carbocycles. The first-order chi connectivity index (χ1) is 8.33. The molecule has 5 unspecified atom stereocenters. The highest BCUT2D eigenvalue weighted by Crippen LogP contribution is 2.48. The summed E-state index contributed by atoms with van der Waals surface area (Å²) >= 11 is 0. The van der Waals surface area contributed by atoms with Gasteiger partial charge in [0, 0.05) is 12.6 Å². The molecule has 0 aromatic heterocycles. The minimum Gasteiger partial charge on any atom is -0.481 e. The number of carboxylic acids is 1. The maximum Gasteiger partial charge on any atom is 0.308 e. The summed E-state index contributed by atoms with van der Waals surface area (Å²) in [5.41, 5.74) is -0.773. The van der Waals surface area contributed by atoms with Gasteiger partial charge in [0.05, 0.1) is 11.5 Å². The van der Waals surface area contributed by atoms with E-state index < -0.39 is 11.6 Å². The van der Waals surface area contributed by atoms with Crippen molar-refractivity contribution in [1.29, 1.82) is 0 Å². The Morgan fingerprint density at radius 3 is 2.56 bits per heavy atom. The number of aliphatic hydroxyl groups is 1. The topological polar surface area (TPSA) is 69.6 Å². The lowest BCUT2D eigenvalue weighted by Gasteiger charge is -2.34. The van der Waals surface area contributed by atoms with Crippen LogP contribution in [0.5, 0.6) is 0 Å². The van der Waals surface area contributed by atoms with Crippen LogP contribution in [0.1, 0.15) is 40.0 Å². The number of fused-ring (bicyclic) bond motifs is 2. The largest absolute Gasteiger partial charge is 0.481 e. The fourth-order valence-corrected chi connectivity index (χ4v) is 3.47. The first-order valence-electron chi connectivity index (χ1n) is 7.01. The molecule has 0 spiro atoms. The highest BCUT2D eigenvalue weighted by molar-refractivity contribution is 5.72. The lowest BCUT2D eigenvalue weighted by atomic mass is 9.83. The molecule has 3 N–H and O–H groups in total. The van der Waals surface area contributed by atoms with E-state index in [9.17, 15) is 15.0 Å². The van der Waals surface area contributed by atoms with Gasteiger partial charge in [-0.3, -0.25) is 4.79 Å². The summed E-state index contributed by atoms with van der Waals surface area (Å²) in [6.45, 7) is 6.25. The van der Waals surface area contributed by atoms with Gasteiger partial charge in [0.15, 0.2) is 0 Å². The standard InChI is InChI=1S/C14H25NO3/c1-8(2)14(3,18)7-15-12-10-5-4-9(6-10)11(12)13(16)17/h8-12,15,18H,4-7H2,1-3H3,(H,16,17). The minimum atomic E-state index is -0.773. The van der Waals surface area contributed by atoms with Gasteiger partial charge >= 0.3 is 5.97 Å². The third kappa shape index (κ3) is 2.41. The second kappa shape index (κ2) is 4.82. The van der Waals surface area contributed by atoms with Gasteiger partial charge in [-0.15, -0.1) is 0 Å². The maximum absolute atomic E-state index is 11.4. The third-order valence-corrected chi connectivity index (χ3v) is 5.14. The zero-order valence-electron chi connectivity index (χ0n) is 11.5. The molecule has 0 saturated heterocycles. The first kappa shape index (κ1) is 13.8. The van der Waals surface area contributed by atoms with E-state index in [0.717, 1.165) is 19.3 Å². The van der Waals surface area contributed by atoms with E-state index in [1.54, 1.807) is 0 Å². The Morgan fingerprint density at radius 2 is 2.00 bits per heavy atom. The Labute approximate surface area is 109 Å². The Balaban J connectivity index is 1.98. The SMILES string of the molecule is CC(C)C(C)(O)CNC1C2CCC(C2)C1C(=O)O. The van der Waals surface area contributed by atoms with Crippen LogP contribution in [0.4, 0.5) is 0 Å². The molecular weight excluding hydrogens is 230 g/mol. The molecule has 0 aliphatic heterocycles. The number of carboxylic acid groups (broad SMARTS) is 1. The predicted octanol–water partition coefficient (Wildman–Crippen LogP) is 1.48. The van der Waals surface area contributed by atoms with E-state index in [4.69, 9.17) is 0 Å². The molecule has 0 radical (unpaired) electrons. The zero-order valence-corrected chi connectivity index (χ0v) is 11.5. The Kier molecular flexibility index (Phi) is 3.70. The molecule has 0 amide bonds. The van der Waals surface area contributed by atoms with E-state index in [1.165, 1.54) is 0 Å². The molecule has 0 aromatic rings. The van der Waals surface area contributed by atoms with Crippen molar-refractivity contribution in [3.63, 3.8) is 0 Å². The zero-order chi connectivity index (χ0) is 13.5. The van der Waals surface area contributed by atoms with Crippen molar-refractivity contribution < 1.29 is 15.0 Å². The van der Waals surface area contributed by atoms with Gasteiger partial charge in [0.2, 0.25) is 0 Å². The van der Waals surface area contributed by atoms with Crippen molar-refractivity contribution in [2.75, 3.05) is 6.54 Å². The van der Waals surface area contributed by atoms with Gasteiger partial charge in [0.1, 0.15) is 0 Å². The van der Waals surface area contributed by atoms with Crippen LogP contribution < -0.4 is 5.32 Å². The van der Waals surface area contributed by atoms with Crippen molar-refractivity contribution in [1.82, 2.24) is 5.32 Å². The Hall–Kier alpha value is -0.610. The highest BCUT2D eigenvalue weighted by atomic mass is 16.4. The highest BCUT2D eigenvalue weighted by Gasteiger charge is 2.51. The lowest BCUT2D eigenvalue weighted by molar-refractivity contribution is -0.144. The van der Waals surface area contributed by atoms with Gasteiger partial charge < -0.3 is 15.5 Å². The van der Waals surface area contributed by atoms with Crippen molar-refractivity contribution in [3.05, 3.63) is 0 Å². The number of nitrogens with one attached hydrogen (secondary N) is 1. The van der Waals surface area contributed by atoms with Crippen molar-refractivity contribution in [3.8, 4) is 0 Å². The van der Waals surface area contributed by atoms with Crippen LogP contribution in [0.15, 0.2) is 0 Å². The van der Waals surface area contributed by atoms with Crippen molar-refractivity contribution >= 4 is 5.97 Å². The van der Waals surface area contributed by atoms with Crippen molar-refractivity contribution in [2.24, 2.45) is 23.7 Å². The molecule has 104 valence electrons. The quantitative estimate of drug-likeness (QED) is 0.696. The van der Waals surface area contributed by atoms with Crippen LogP contribution in [0.25, 0.3) is 0 Å². The molecule has 4 heteroatoms. The molecule has 2 rings (SSSR count). The maximum atomic E-state index is 11.4. The van der Waals surface area contributed by atoms with E-state index in [2.05, 4.69) is 5.32 Å². The predicted molar refractivity (Wildman–Crippen MR) is 69.2 cm³/mol. The van der Waals surface area contributed by atoms with Crippen LogP contribution >= 0.6 is 0 Å². The molecule has 2 bridgehead atoms.